The monoisotopic (exact) mass is 410 g/mol. The molecule has 1 amide bonds. The second-order valence-electron chi connectivity index (χ2n) is 7.99. The van der Waals surface area contributed by atoms with Crippen molar-refractivity contribution in [1.29, 1.82) is 0 Å². The van der Waals surface area contributed by atoms with Crippen molar-refractivity contribution in [2.75, 3.05) is 39.8 Å². The number of nitrogens with one attached hydrogen (secondary N) is 2. The Balaban J connectivity index is 1.24. The van der Waals surface area contributed by atoms with Crippen molar-refractivity contribution in [2.24, 2.45) is 4.99 Å². The summed E-state index contributed by atoms with van der Waals surface area (Å²) < 4.78 is 5.89. The number of piperazine rings is 1. The van der Waals surface area contributed by atoms with Crippen LogP contribution < -0.4 is 10.6 Å². The van der Waals surface area contributed by atoms with Gasteiger partial charge >= 0.3 is 0 Å². The molecule has 2 aliphatic rings. The summed E-state index contributed by atoms with van der Waals surface area (Å²) in [6.45, 7) is 6.36. The van der Waals surface area contributed by atoms with Crippen LogP contribution in [0.25, 0.3) is 11.3 Å². The van der Waals surface area contributed by atoms with E-state index < -0.39 is 0 Å². The fourth-order valence-corrected chi connectivity index (χ4v) is 3.55. The Labute approximate surface area is 177 Å². The second-order valence-corrected chi connectivity index (χ2v) is 7.99. The predicted octanol–water partition coefficient (Wildman–Crippen LogP) is 1.62. The summed E-state index contributed by atoms with van der Waals surface area (Å²) in [5.74, 6) is 2.36. The Bertz CT molecular complexity index is 879. The molecule has 1 saturated heterocycles. The van der Waals surface area contributed by atoms with Crippen LogP contribution in [0.4, 0.5) is 0 Å². The molecule has 2 heterocycles. The minimum atomic E-state index is 0.140. The number of carbonyl (C=O) groups is 1. The average Bonchev–Trinajstić information content (AvgIpc) is 3.43. The fourth-order valence-electron chi connectivity index (χ4n) is 3.55. The van der Waals surface area contributed by atoms with Gasteiger partial charge in [0.15, 0.2) is 11.7 Å². The molecule has 1 aliphatic heterocycles. The summed E-state index contributed by atoms with van der Waals surface area (Å²) >= 11 is 0. The van der Waals surface area contributed by atoms with Crippen molar-refractivity contribution >= 4 is 11.9 Å². The topological polar surface area (TPSA) is 86.0 Å². The number of oxazole rings is 1. The van der Waals surface area contributed by atoms with Crippen LogP contribution in [-0.2, 0) is 11.3 Å². The highest BCUT2D eigenvalue weighted by atomic mass is 16.4. The van der Waals surface area contributed by atoms with E-state index >= 15 is 0 Å². The molecule has 0 radical (unpaired) electrons. The maximum atomic E-state index is 12.0. The lowest BCUT2D eigenvalue weighted by atomic mass is 10.1. The van der Waals surface area contributed by atoms with E-state index in [0.717, 1.165) is 56.3 Å². The molecule has 160 valence electrons. The number of rotatable bonds is 6. The highest BCUT2D eigenvalue weighted by molar-refractivity contribution is 5.80. The number of hydrogen-bond acceptors (Lipinski definition) is 5. The molecular weight excluding hydrogens is 380 g/mol. The van der Waals surface area contributed by atoms with Gasteiger partial charge in [-0.1, -0.05) is 29.8 Å². The van der Waals surface area contributed by atoms with Gasteiger partial charge in [-0.05, 0) is 19.8 Å². The van der Waals surface area contributed by atoms with Crippen LogP contribution in [0, 0.1) is 6.92 Å². The normalized spacial score (nSPS) is 17.8. The Hall–Kier alpha value is -2.87. The van der Waals surface area contributed by atoms with Gasteiger partial charge in [-0.25, -0.2) is 4.98 Å². The first kappa shape index (κ1) is 20.4. The quantitative estimate of drug-likeness (QED) is 0.556. The van der Waals surface area contributed by atoms with E-state index in [1.54, 1.807) is 13.2 Å². The number of aromatic nitrogens is 1. The molecule has 30 heavy (non-hydrogen) atoms. The van der Waals surface area contributed by atoms with E-state index in [9.17, 15) is 4.79 Å². The molecule has 8 heteroatoms. The van der Waals surface area contributed by atoms with Gasteiger partial charge in [0, 0.05) is 44.8 Å². The van der Waals surface area contributed by atoms with Crippen molar-refractivity contribution < 1.29 is 9.21 Å². The molecule has 2 fully saturated rings. The molecule has 1 saturated carbocycles. The minimum Gasteiger partial charge on any atom is -0.439 e. The van der Waals surface area contributed by atoms with E-state index in [1.165, 1.54) is 5.56 Å². The number of guanidine groups is 1. The maximum absolute atomic E-state index is 12.0. The van der Waals surface area contributed by atoms with Crippen molar-refractivity contribution in [2.45, 2.75) is 32.4 Å². The third kappa shape index (κ3) is 5.38. The lowest BCUT2D eigenvalue weighted by Gasteiger charge is -2.36. The van der Waals surface area contributed by atoms with Gasteiger partial charge in [0.2, 0.25) is 11.8 Å². The molecule has 1 aromatic heterocycles. The van der Waals surface area contributed by atoms with Gasteiger partial charge in [-0.3, -0.25) is 14.7 Å². The Morgan fingerprint density at radius 2 is 1.93 bits per heavy atom. The maximum Gasteiger partial charge on any atom is 0.234 e. The van der Waals surface area contributed by atoms with Crippen LogP contribution in [0.3, 0.4) is 0 Å². The molecular formula is C22H30N6O2. The van der Waals surface area contributed by atoms with Crippen LogP contribution >= 0.6 is 0 Å². The van der Waals surface area contributed by atoms with Crippen LogP contribution in [-0.4, -0.2) is 72.5 Å². The standard InChI is InChI=1S/C22H30N6O2/c1-16-3-5-17(6-4-16)19-13-24-21(30-19)14-25-22(23-2)28-11-9-27(10-12-28)15-20(29)26-18-7-8-18/h3-6,13,18H,7-12,14-15H2,1-2H3,(H,23,25)(H,26,29). The first-order valence-corrected chi connectivity index (χ1v) is 10.6. The van der Waals surface area contributed by atoms with Crippen LogP contribution in [0.15, 0.2) is 39.9 Å². The van der Waals surface area contributed by atoms with Crippen molar-refractivity contribution in [1.82, 2.24) is 25.4 Å². The Kier molecular flexibility index (Phi) is 6.32. The fraction of sp³-hybridized carbons (Fsp3) is 0.500. The number of carbonyl (C=O) groups excluding carboxylic acids is 1. The first-order valence-electron chi connectivity index (χ1n) is 10.6. The van der Waals surface area contributed by atoms with E-state index in [4.69, 9.17) is 4.42 Å². The summed E-state index contributed by atoms with van der Waals surface area (Å²) in [4.78, 5) is 25.2. The summed E-state index contributed by atoms with van der Waals surface area (Å²) in [5, 5.41) is 6.39. The molecule has 2 aromatic rings. The first-order chi connectivity index (χ1) is 14.6. The minimum absolute atomic E-state index is 0.140. The van der Waals surface area contributed by atoms with E-state index in [2.05, 4.69) is 49.5 Å². The van der Waals surface area contributed by atoms with Gasteiger partial charge in [0.1, 0.15) is 0 Å². The highest BCUT2D eigenvalue weighted by Crippen LogP contribution is 2.21. The van der Waals surface area contributed by atoms with Crippen molar-refractivity contribution in [3.05, 3.63) is 41.9 Å². The predicted molar refractivity (Wildman–Crippen MR) is 116 cm³/mol. The smallest absolute Gasteiger partial charge is 0.234 e. The number of nitrogens with zero attached hydrogens (tertiary/aromatic N) is 4. The molecule has 2 N–H and O–H groups in total. The van der Waals surface area contributed by atoms with Crippen LogP contribution in [0.2, 0.25) is 0 Å². The number of aryl methyl sites for hydroxylation is 1. The average molecular weight is 411 g/mol. The zero-order valence-electron chi connectivity index (χ0n) is 17.7. The third-order valence-electron chi connectivity index (χ3n) is 5.48. The molecule has 0 bridgehead atoms. The molecule has 0 spiro atoms. The third-order valence-corrected chi connectivity index (χ3v) is 5.48. The molecule has 0 atom stereocenters. The van der Waals surface area contributed by atoms with Gasteiger partial charge in [-0.2, -0.15) is 0 Å². The van der Waals surface area contributed by atoms with Gasteiger partial charge in [0.05, 0.1) is 19.3 Å². The van der Waals surface area contributed by atoms with E-state index in [1.807, 2.05) is 12.1 Å². The van der Waals surface area contributed by atoms with Crippen LogP contribution in [0.1, 0.15) is 24.3 Å². The molecule has 0 unspecified atom stereocenters. The highest BCUT2D eigenvalue weighted by Gasteiger charge is 2.26. The number of aliphatic imine (C=N–C) groups is 1. The zero-order valence-corrected chi connectivity index (χ0v) is 17.7. The van der Waals surface area contributed by atoms with Gasteiger partial charge in [-0.15, -0.1) is 0 Å². The summed E-state index contributed by atoms with van der Waals surface area (Å²) in [6.07, 6.45) is 4.01. The molecule has 8 nitrogen and oxygen atoms in total. The Morgan fingerprint density at radius 1 is 1.20 bits per heavy atom. The van der Waals surface area contributed by atoms with Gasteiger partial charge in [0.25, 0.3) is 0 Å². The van der Waals surface area contributed by atoms with Crippen molar-refractivity contribution in [3.8, 4) is 11.3 Å². The number of benzene rings is 1. The second kappa shape index (κ2) is 9.30. The number of hydrogen-bond donors (Lipinski definition) is 2. The lowest BCUT2D eigenvalue weighted by Crippen LogP contribution is -2.54. The molecule has 4 rings (SSSR count). The zero-order chi connectivity index (χ0) is 20.9. The van der Waals surface area contributed by atoms with E-state index in [0.29, 0.717) is 25.0 Å². The summed E-state index contributed by atoms with van der Waals surface area (Å²) in [7, 11) is 1.78. The Morgan fingerprint density at radius 3 is 2.60 bits per heavy atom. The van der Waals surface area contributed by atoms with Gasteiger partial charge < -0.3 is 20.0 Å². The number of amides is 1. The summed E-state index contributed by atoms with van der Waals surface area (Å²) in [5.41, 5.74) is 2.23. The molecule has 1 aromatic carbocycles. The summed E-state index contributed by atoms with van der Waals surface area (Å²) in [6, 6.07) is 8.62. The van der Waals surface area contributed by atoms with Crippen LogP contribution in [0.5, 0.6) is 0 Å². The SMILES string of the molecule is CN=C(NCc1ncc(-c2ccc(C)cc2)o1)N1CCN(CC(=O)NC2CC2)CC1. The largest absolute Gasteiger partial charge is 0.439 e. The molecule has 1 aliphatic carbocycles. The van der Waals surface area contributed by atoms with E-state index in [-0.39, 0.29) is 5.91 Å². The lowest BCUT2D eigenvalue weighted by molar-refractivity contribution is -0.122. The van der Waals surface area contributed by atoms with Crippen molar-refractivity contribution in [3.63, 3.8) is 0 Å².